The molecule has 0 aliphatic carbocycles. The van der Waals surface area contributed by atoms with Gasteiger partial charge in [-0.15, -0.1) is 0 Å². The number of hydrogen-bond donors (Lipinski definition) is 2. The van der Waals surface area contributed by atoms with Crippen molar-refractivity contribution >= 4 is 22.4 Å². The van der Waals surface area contributed by atoms with E-state index < -0.39 is 0 Å². The van der Waals surface area contributed by atoms with Crippen molar-refractivity contribution in [3.05, 3.63) is 103 Å². The Morgan fingerprint density at radius 1 is 0.767 bits per heavy atom. The molecule has 4 aromatic carbocycles. The lowest BCUT2D eigenvalue weighted by atomic mass is 10.0. The minimum atomic E-state index is -0.165. The molecule has 144 valence electrons. The lowest BCUT2D eigenvalue weighted by Gasteiger charge is -2.11. The third kappa shape index (κ3) is 3.33. The molecule has 0 bridgehead atoms. The first-order valence-corrected chi connectivity index (χ1v) is 9.66. The zero-order chi connectivity index (χ0) is 20.3. The minimum Gasteiger partial charge on any atom is -0.321 e. The highest BCUT2D eigenvalue weighted by Gasteiger charge is 2.15. The van der Waals surface area contributed by atoms with E-state index in [1.54, 1.807) is 0 Å². The van der Waals surface area contributed by atoms with Crippen LogP contribution in [-0.4, -0.2) is 21.1 Å². The van der Waals surface area contributed by atoms with Gasteiger partial charge in [0.2, 0.25) is 0 Å². The van der Waals surface area contributed by atoms with Crippen molar-refractivity contribution in [1.82, 2.24) is 15.2 Å². The molecule has 0 aliphatic rings. The number of H-pyrrole nitrogens is 1. The average Bonchev–Trinajstić information content (AvgIpc) is 3.30. The Hall–Kier alpha value is -4.25. The summed E-state index contributed by atoms with van der Waals surface area (Å²) >= 11 is 0. The third-order valence-corrected chi connectivity index (χ3v) is 4.98. The number of hydrogen-bond acceptors (Lipinski definition) is 3. The van der Waals surface area contributed by atoms with E-state index in [-0.39, 0.29) is 5.91 Å². The van der Waals surface area contributed by atoms with Gasteiger partial charge in [0, 0.05) is 16.7 Å². The molecule has 0 fully saturated rings. The van der Waals surface area contributed by atoms with Gasteiger partial charge in [-0.2, -0.15) is 5.10 Å². The number of aromatic amines is 1. The number of para-hydroxylation sites is 1. The summed E-state index contributed by atoms with van der Waals surface area (Å²) in [4.78, 5) is 17.7. The fraction of sp³-hybridized carbons (Fsp3) is 0. The molecule has 0 saturated carbocycles. The molecule has 5 nitrogen and oxygen atoms in total. The van der Waals surface area contributed by atoms with Crippen LogP contribution in [0.15, 0.2) is 97.1 Å². The molecule has 1 aromatic heterocycles. The first-order chi connectivity index (χ1) is 14.8. The molecule has 1 heterocycles. The number of benzene rings is 4. The van der Waals surface area contributed by atoms with Crippen LogP contribution in [0.4, 0.5) is 5.69 Å². The Morgan fingerprint density at radius 3 is 2.40 bits per heavy atom. The van der Waals surface area contributed by atoms with Crippen molar-refractivity contribution in [3.63, 3.8) is 0 Å². The van der Waals surface area contributed by atoms with E-state index in [1.807, 2.05) is 97.1 Å². The molecule has 2 N–H and O–H groups in total. The Labute approximate surface area is 173 Å². The molecular weight excluding hydrogens is 372 g/mol. The lowest BCUT2D eigenvalue weighted by molar-refractivity contribution is 0.102. The van der Waals surface area contributed by atoms with Gasteiger partial charge in [-0.1, -0.05) is 78.9 Å². The summed E-state index contributed by atoms with van der Waals surface area (Å²) in [5.41, 5.74) is 3.01. The molecule has 5 heteroatoms. The van der Waals surface area contributed by atoms with Gasteiger partial charge in [-0.05, 0) is 29.0 Å². The third-order valence-electron chi connectivity index (χ3n) is 4.98. The second-order valence-electron chi connectivity index (χ2n) is 6.90. The molecule has 0 saturated heterocycles. The van der Waals surface area contributed by atoms with Crippen molar-refractivity contribution in [1.29, 1.82) is 0 Å². The Morgan fingerprint density at radius 2 is 1.50 bits per heavy atom. The standard InChI is InChI=1S/C25H18N4O/c30-25(20-15-8-12-17-9-4-5-13-19(17)20)26-22-16-7-6-14-21(22)24-27-23(28-29-24)18-10-2-1-3-11-18/h1-16H,(H,26,30)(H,27,28,29). The summed E-state index contributed by atoms with van der Waals surface area (Å²) in [6.45, 7) is 0. The summed E-state index contributed by atoms with van der Waals surface area (Å²) < 4.78 is 0. The fourth-order valence-electron chi connectivity index (χ4n) is 3.51. The maximum atomic E-state index is 13.1. The highest BCUT2D eigenvalue weighted by atomic mass is 16.1. The summed E-state index contributed by atoms with van der Waals surface area (Å²) in [5, 5.41) is 12.3. The first kappa shape index (κ1) is 17.8. The number of aromatic nitrogens is 3. The summed E-state index contributed by atoms with van der Waals surface area (Å²) in [7, 11) is 0. The number of nitrogens with one attached hydrogen (secondary N) is 2. The van der Waals surface area contributed by atoms with Crippen molar-refractivity contribution in [3.8, 4) is 22.8 Å². The predicted molar refractivity (Wildman–Crippen MR) is 119 cm³/mol. The molecular formula is C25H18N4O. The van der Waals surface area contributed by atoms with Crippen LogP contribution >= 0.6 is 0 Å². The molecule has 0 unspecified atom stereocenters. The number of anilines is 1. The molecule has 1 amide bonds. The lowest BCUT2D eigenvalue weighted by Crippen LogP contribution is -2.13. The highest BCUT2D eigenvalue weighted by Crippen LogP contribution is 2.28. The zero-order valence-corrected chi connectivity index (χ0v) is 16.0. The van der Waals surface area contributed by atoms with Crippen molar-refractivity contribution in [2.24, 2.45) is 0 Å². The second-order valence-corrected chi connectivity index (χ2v) is 6.90. The molecule has 5 aromatic rings. The number of fused-ring (bicyclic) bond motifs is 1. The second kappa shape index (κ2) is 7.64. The van der Waals surface area contributed by atoms with E-state index in [4.69, 9.17) is 0 Å². The van der Waals surface area contributed by atoms with E-state index in [2.05, 4.69) is 20.5 Å². The molecule has 0 radical (unpaired) electrons. The summed E-state index contributed by atoms with van der Waals surface area (Å²) in [6, 6.07) is 30.9. The van der Waals surface area contributed by atoms with E-state index in [0.717, 1.165) is 21.9 Å². The molecule has 30 heavy (non-hydrogen) atoms. The van der Waals surface area contributed by atoms with E-state index in [1.165, 1.54) is 0 Å². The summed E-state index contributed by atoms with van der Waals surface area (Å²) in [5.74, 6) is 1.05. The van der Waals surface area contributed by atoms with Crippen molar-refractivity contribution in [2.45, 2.75) is 0 Å². The first-order valence-electron chi connectivity index (χ1n) is 9.66. The van der Waals surface area contributed by atoms with Gasteiger partial charge in [0.05, 0.1) is 5.69 Å². The number of rotatable bonds is 4. The van der Waals surface area contributed by atoms with E-state index in [9.17, 15) is 4.79 Å². The van der Waals surface area contributed by atoms with Gasteiger partial charge in [-0.25, -0.2) is 4.98 Å². The van der Waals surface area contributed by atoms with Gasteiger partial charge < -0.3 is 5.32 Å². The van der Waals surface area contributed by atoms with Crippen LogP contribution in [0, 0.1) is 0 Å². The highest BCUT2D eigenvalue weighted by molar-refractivity contribution is 6.13. The number of carbonyl (C=O) groups is 1. The van der Waals surface area contributed by atoms with Gasteiger partial charge >= 0.3 is 0 Å². The van der Waals surface area contributed by atoms with Crippen LogP contribution in [-0.2, 0) is 0 Å². The smallest absolute Gasteiger partial charge is 0.256 e. The largest absolute Gasteiger partial charge is 0.321 e. The van der Waals surface area contributed by atoms with Crippen LogP contribution in [0.2, 0.25) is 0 Å². The van der Waals surface area contributed by atoms with Crippen molar-refractivity contribution < 1.29 is 4.79 Å². The Kier molecular flexibility index (Phi) is 4.54. The van der Waals surface area contributed by atoms with Gasteiger partial charge in [0.15, 0.2) is 11.6 Å². The van der Waals surface area contributed by atoms with Crippen LogP contribution < -0.4 is 5.32 Å². The number of nitrogens with zero attached hydrogens (tertiary/aromatic N) is 2. The molecule has 5 rings (SSSR count). The van der Waals surface area contributed by atoms with Gasteiger partial charge in [0.25, 0.3) is 5.91 Å². The maximum Gasteiger partial charge on any atom is 0.256 e. The SMILES string of the molecule is O=C(Nc1ccccc1-c1nc(-c2ccccc2)n[nH]1)c1cccc2ccccc12. The van der Waals surface area contributed by atoms with Crippen LogP contribution in [0.1, 0.15) is 10.4 Å². The predicted octanol–water partition coefficient (Wildman–Crippen LogP) is 5.54. The fourth-order valence-corrected chi connectivity index (χ4v) is 3.51. The van der Waals surface area contributed by atoms with Crippen LogP contribution in [0.25, 0.3) is 33.5 Å². The van der Waals surface area contributed by atoms with E-state index >= 15 is 0 Å². The topological polar surface area (TPSA) is 70.7 Å². The van der Waals surface area contributed by atoms with Crippen molar-refractivity contribution in [2.75, 3.05) is 5.32 Å². The Bertz CT molecular complexity index is 1340. The molecule has 0 atom stereocenters. The van der Waals surface area contributed by atoms with E-state index in [0.29, 0.717) is 22.9 Å². The van der Waals surface area contributed by atoms with Crippen LogP contribution in [0.5, 0.6) is 0 Å². The number of amides is 1. The Balaban J connectivity index is 1.49. The monoisotopic (exact) mass is 390 g/mol. The maximum absolute atomic E-state index is 13.1. The zero-order valence-electron chi connectivity index (χ0n) is 16.0. The quantitative estimate of drug-likeness (QED) is 0.423. The normalized spacial score (nSPS) is 10.8. The molecule has 0 spiro atoms. The van der Waals surface area contributed by atoms with Gasteiger partial charge in [0.1, 0.15) is 0 Å². The average molecular weight is 390 g/mol. The minimum absolute atomic E-state index is 0.165. The number of carbonyl (C=O) groups excluding carboxylic acids is 1. The van der Waals surface area contributed by atoms with Gasteiger partial charge in [-0.3, -0.25) is 9.89 Å². The van der Waals surface area contributed by atoms with Crippen LogP contribution in [0.3, 0.4) is 0 Å². The molecule has 0 aliphatic heterocycles. The summed E-state index contributed by atoms with van der Waals surface area (Å²) in [6.07, 6.45) is 0.